The number of hydrogen-bond acceptors (Lipinski definition) is 4. The molecule has 31 heavy (non-hydrogen) atoms. The normalized spacial score (nSPS) is 14.5. The van der Waals surface area contributed by atoms with E-state index in [1.807, 2.05) is 48.5 Å². The van der Waals surface area contributed by atoms with Crippen molar-refractivity contribution in [1.29, 1.82) is 0 Å². The second-order valence-electron chi connectivity index (χ2n) is 6.55. The van der Waals surface area contributed by atoms with E-state index in [9.17, 15) is 4.79 Å². The Morgan fingerprint density at radius 2 is 1.81 bits per heavy atom. The van der Waals surface area contributed by atoms with Gasteiger partial charge in [-0.3, -0.25) is 0 Å². The van der Waals surface area contributed by atoms with Crippen LogP contribution in [0.15, 0.2) is 75.8 Å². The minimum atomic E-state index is -0.505. The fourth-order valence-corrected chi connectivity index (χ4v) is 5.69. The molecule has 0 saturated carbocycles. The first kappa shape index (κ1) is 22.8. The van der Waals surface area contributed by atoms with E-state index in [-0.39, 0.29) is 11.6 Å². The first-order valence-electron chi connectivity index (χ1n) is 9.04. The van der Waals surface area contributed by atoms with Crippen LogP contribution in [0, 0.1) is 7.14 Å². The van der Waals surface area contributed by atoms with Crippen molar-refractivity contribution in [3.8, 4) is 5.75 Å². The van der Waals surface area contributed by atoms with E-state index in [4.69, 9.17) is 21.1 Å². The monoisotopic (exact) mass is 719 g/mol. The number of hydrogen-bond donors (Lipinski definition) is 0. The van der Waals surface area contributed by atoms with Gasteiger partial charge in [0.05, 0.1) is 17.7 Å². The molecular formula is C23H13BrClI2NO3. The lowest BCUT2D eigenvalue weighted by molar-refractivity contribution is -0.129. The van der Waals surface area contributed by atoms with Crippen LogP contribution in [0.1, 0.15) is 16.7 Å². The quantitative estimate of drug-likeness (QED) is 0.159. The molecule has 4 rings (SSSR count). The topological polar surface area (TPSA) is 47.9 Å². The molecule has 0 spiro atoms. The average molecular weight is 721 g/mol. The fourth-order valence-electron chi connectivity index (χ4n) is 2.90. The Bertz CT molecular complexity index is 1220. The van der Waals surface area contributed by atoms with E-state index >= 15 is 0 Å². The third-order valence-corrected chi connectivity index (χ3v) is 6.75. The molecule has 8 heteroatoms. The van der Waals surface area contributed by atoms with Crippen molar-refractivity contribution in [1.82, 2.24) is 0 Å². The fraction of sp³-hybridized carbons (Fsp3) is 0.0435. The highest BCUT2D eigenvalue weighted by Gasteiger charge is 2.25. The van der Waals surface area contributed by atoms with Gasteiger partial charge in [0, 0.05) is 4.47 Å². The van der Waals surface area contributed by atoms with Crippen LogP contribution >= 0.6 is 72.7 Å². The Balaban J connectivity index is 1.57. The maximum Gasteiger partial charge on any atom is 0.363 e. The van der Waals surface area contributed by atoms with Crippen molar-refractivity contribution in [3.05, 3.63) is 99.7 Å². The number of halogens is 4. The molecule has 1 aliphatic rings. The molecule has 3 aromatic carbocycles. The second kappa shape index (κ2) is 10.0. The van der Waals surface area contributed by atoms with E-state index in [1.54, 1.807) is 18.2 Å². The maximum atomic E-state index is 12.3. The van der Waals surface area contributed by atoms with Crippen molar-refractivity contribution in [2.75, 3.05) is 0 Å². The Kier molecular flexibility index (Phi) is 7.35. The van der Waals surface area contributed by atoms with Crippen LogP contribution in [0.3, 0.4) is 0 Å². The maximum absolute atomic E-state index is 12.3. The van der Waals surface area contributed by atoms with Crippen molar-refractivity contribution in [3.63, 3.8) is 0 Å². The van der Waals surface area contributed by atoms with Crippen molar-refractivity contribution in [2.24, 2.45) is 4.99 Å². The summed E-state index contributed by atoms with van der Waals surface area (Å²) < 4.78 is 14.3. The molecule has 3 aromatic rings. The number of rotatable bonds is 5. The zero-order valence-corrected chi connectivity index (χ0v) is 22.4. The lowest BCUT2D eigenvalue weighted by Crippen LogP contribution is -2.05. The Hall–Kier alpha value is -1.43. The van der Waals surface area contributed by atoms with Gasteiger partial charge in [0.2, 0.25) is 5.90 Å². The number of benzene rings is 3. The molecule has 0 unspecified atom stereocenters. The summed E-state index contributed by atoms with van der Waals surface area (Å²) in [6, 6.07) is 19.0. The molecule has 0 atom stereocenters. The number of carbonyl (C=O) groups excluding carboxylic acids is 1. The highest BCUT2D eigenvalue weighted by molar-refractivity contribution is 14.1. The number of nitrogens with zero attached hydrogens (tertiary/aromatic N) is 1. The second-order valence-corrected chi connectivity index (χ2v) is 10.2. The van der Waals surface area contributed by atoms with Crippen LogP contribution in [-0.4, -0.2) is 11.9 Å². The molecule has 1 heterocycles. The molecule has 4 nitrogen and oxygen atoms in total. The van der Waals surface area contributed by atoms with Gasteiger partial charge in [-0.25, -0.2) is 9.79 Å². The molecule has 0 aliphatic carbocycles. The number of carbonyl (C=O) groups is 1. The third kappa shape index (κ3) is 5.50. The summed E-state index contributed by atoms with van der Waals surface area (Å²) in [6.45, 7) is 0.462. The van der Waals surface area contributed by atoms with Crippen molar-refractivity contribution < 1.29 is 14.3 Å². The van der Waals surface area contributed by atoms with Gasteiger partial charge < -0.3 is 9.47 Å². The number of ether oxygens (including phenoxy) is 2. The Labute approximate surface area is 220 Å². The van der Waals surface area contributed by atoms with Gasteiger partial charge in [0.15, 0.2) is 5.70 Å². The molecule has 0 saturated heterocycles. The lowest BCUT2D eigenvalue weighted by atomic mass is 10.2. The zero-order chi connectivity index (χ0) is 22.0. The smallest absolute Gasteiger partial charge is 0.363 e. The summed E-state index contributed by atoms with van der Waals surface area (Å²) in [5.41, 5.74) is 2.72. The van der Waals surface area contributed by atoms with Crippen LogP contribution in [0.25, 0.3) is 6.08 Å². The van der Waals surface area contributed by atoms with E-state index in [2.05, 4.69) is 66.1 Å². The molecule has 0 bridgehead atoms. The average Bonchev–Trinajstić information content (AvgIpc) is 3.08. The molecule has 0 fully saturated rings. The molecule has 0 amide bonds. The number of cyclic esters (lactones) is 1. The first-order chi connectivity index (χ1) is 14.9. The van der Waals surface area contributed by atoms with Gasteiger partial charge in [-0.15, -0.1) is 0 Å². The van der Waals surface area contributed by atoms with Crippen LogP contribution in [-0.2, 0) is 16.1 Å². The molecule has 1 aliphatic heterocycles. The van der Waals surface area contributed by atoms with Gasteiger partial charge in [0.25, 0.3) is 0 Å². The Morgan fingerprint density at radius 3 is 2.52 bits per heavy atom. The van der Waals surface area contributed by atoms with Gasteiger partial charge in [-0.1, -0.05) is 51.8 Å². The molecule has 0 radical (unpaired) electrons. The summed E-state index contributed by atoms with van der Waals surface area (Å²) >= 11 is 14.1. The van der Waals surface area contributed by atoms with Gasteiger partial charge in [0.1, 0.15) is 12.4 Å². The van der Waals surface area contributed by atoms with E-state index in [1.165, 1.54) is 0 Å². The largest absolute Gasteiger partial charge is 0.487 e. The lowest BCUT2D eigenvalue weighted by Gasteiger charge is -2.12. The summed E-state index contributed by atoms with van der Waals surface area (Å²) in [4.78, 5) is 16.7. The van der Waals surface area contributed by atoms with E-state index in [0.717, 1.165) is 28.5 Å². The van der Waals surface area contributed by atoms with Crippen molar-refractivity contribution in [2.45, 2.75) is 6.61 Å². The van der Waals surface area contributed by atoms with Crippen LogP contribution in [0.2, 0.25) is 5.02 Å². The van der Waals surface area contributed by atoms with Crippen molar-refractivity contribution >= 4 is 90.7 Å². The summed E-state index contributed by atoms with van der Waals surface area (Å²) in [6.07, 6.45) is 1.70. The highest BCUT2D eigenvalue weighted by atomic mass is 127. The van der Waals surface area contributed by atoms with Gasteiger partial charge in [-0.05, 0) is 98.8 Å². The van der Waals surface area contributed by atoms with E-state index < -0.39 is 5.97 Å². The van der Waals surface area contributed by atoms with Crippen LogP contribution in [0.5, 0.6) is 5.75 Å². The number of esters is 1. The van der Waals surface area contributed by atoms with Crippen LogP contribution < -0.4 is 4.74 Å². The van der Waals surface area contributed by atoms with Gasteiger partial charge in [-0.2, -0.15) is 0 Å². The predicted octanol–water partition coefficient (Wildman–Crippen LogP) is 7.24. The standard InChI is InChI=1S/C23H13BrClI2NO3/c24-15-5-3-4-13(8-15)12-30-21-18(26)9-14(10-19(21)27)11-20-23(29)31-22(28-20)16-6-1-2-7-17(16)25/h1-11H,12H2/b20-11-. The first-order valence-corrected chi connectivity index (χ1v) is 12.4. The highest BCUT2D eigenvalue weighted by Crippen LogP contribution is 2.31. The predicted molar refractivity (Wildman–Crippen MR) is 142 cm³/mol. The molecule has 156 valence electrons. The zero-order valence-electron chi connectivity index (χ0n) is 15.7. The molecular weight excluding hydrogens is 707 g/mol. The van der Waals surface area contributed by atoms with Gasteiger partial charge >= 0.3 is 5.97 Å². The third-order valence-electron chi connectivity index (χ3n) is 4.32. The minimum absolute atomic E-state index is 0.209. The SMILES string of the molecule is O=C1OC(c2ccccc2Cl)=N/C1=C\c1cc(I)c(OCc2cccc(Br)c2)c(I)c1. The number of aliphatic imine (C=N–C) groups is 1. The molecule has 0 aromatic heterocycles. The summed E-state index contributed by atoms with van der Waals surface area (Å²) in [7, 11) is 0. The molecule has 0 N–H and O–H groups in total. The summed E-state index contributed by atoms with van der Waals surface area (Å²) in [5, 5.41) is 0.478. The van der Waals surface area contributed by atoms with E-state index in [0.29, 0.717) is 17.2 Å². The summed E-state index contributed by atoms with van der Waals surface area (Å²) in [5.74, 6) is 0.507. The van der Waals surface area contributed by atoms with Crippen LogP contribution in [0.4, 0.5) is 0 Å². The Morgan fingerprint density at radius 1 is 1.06 bits per heavy atom. The minimum Gasteiger partial charge on any atom is -0.487 e.